The van der Waals surface area contributed by atoms with Crippen LogP contribution < -0.4 is 14.9 Å². The molecule has 1 unspecified atom stereocenters. The molecule has 228 valence electrons. The Morgan fingerprint density at radius 2 is 1.79 bits per heavy atom. The first kappa shape index (κ1) is 33.2. The lowest BCUT2D eigenvalue weighted by Gasteiger charge is -2.32. The Balaban J connectivity index is 0.000000892. The van der Waals surface area contributed by atoms with Gasteiger partial charge in [-0.2, -0.15) is 0 Å². The van der Waals surface area contributed by atoms with E-state index in [0.29, 0.717) is 42.9 Å². The largest absolute Gasteiger partial charge is 0.444 e. The van der Waals surface area contributed by atoms with Gasteiger partial charge in [0.15, 0.2) is 5.13 Å². The van der Waals surface area contributed by atoms with Gasteiger partial charge >= 0.3 is 6.09 Å². The summed E-state index contributed by atoms with van der Waals surface area (Å²) in [4.78, 5) is 33.3. The Morgan fingerprint density at radius 3 is 2.38 bits per heavy atom. The van der Waals surface area contributed by atoms with Crippen LogP contribution in [0.1, 0.15) is 40.2 Å². The number of piperazine rings is 1. The van der Waals surface area contributed by atoms with E-state index in [-0.39, 0.29) is 6.61 Å². The third-order valence-corrected chi connectivity index (χ3v) is 8.63. The smallest absolute Gasteiger partial charge is 0.411 e. The Kier molecular flexibility index (Phi) is 12.5. The minimum Gasteiger partial charge on any atom is -0.444 e. The number of thiazole rings is 1. The van der Waals surface area contributed by atoms with E-state index in [1.807, 2.05) is 71.0 Å². The maximum absolute atomic E-state index is 13.4. The van der Waals surface area contributed by atoms with E-state index in [1.165, 1.54) is 11.3 Å². The molecule has 1 aliphatic rings. The SMILES string of the molecule is CC(C)(C)NS(=O)c1cc(NC(=O)OCc2ccccc2)ccc1-c1cnc(N2CCN(C=O)CC2)s1.COC(C)C. The van der Waals surface area contributed by atoms with Gasteiger partial charge in [0.2, 0.25) is 6.41 Å². The number of nitrogens with one attached hydrogen (secondary N) is 2. The molecule has 1 saturated heterocycles. The average Bonchev–Trinajstić information content (AvgIpc) is 3.46. The third-order valence-electron chi connectivity index (χ3n) is 6.00. The Morgan fingerprint density at radius 1 is 1.12 bits per heavy atom. The van der Waals surface area contributed by atoms with E-state index in [9.17, 15) is 13.8 Å². The predicted molar refractivity (Wildman–Crippen MR) is 169 cm³/mol. The topological polar surface area (TPSA) is 113 Å². The van der Waals surface area contributed by atoms with Gasteiger partial charge in [-0.1, -0.05) is 47.7 Å². The quantitative estimate of drug-likeness (QED) is 0.315. The molecular formula is C30H41N5O5S2. The van der Waals surface area contributed by atoms with Crippen LogP contribution in [0.25, 0.3) is 10.4 Å². The molecule has 1 aromatic heterocycles. The zero-order chi connectivity index (χ0) is 30.7. The first-order valence-corrected chi connectivity index (χ1v) is 15.7. The number of rotatable bonds is 9. The second kappa shape index (κ2) is 15.8. The summed E-state index contributed by atoms with van der Waals surface area (Å²) in [5.74, 6) is 0. The predicted octanol–water partition coefficient (Wildman–Crippen LogP) is 5.29. The van der Waals surface area contributed by atoms with E-state index in [2.05, 4.69) is 19.9 Å². The number of nitrogens with zero attached hydrogens (tertiary/aromatic N) is 3. The molecule has 0 aliphatic carbocycles. The van der Waals surface area contributed by atoms with Crippen LogP contribution in [0.4, 0.5) is 15.6 Å². The number of aromatic nitrogens is 1. The molecule has 2 heterocycles. The van der Waals surface area contributed by atoms with Crippen molar-refractivity contribution in [3.8, 4) is 10.4 Å². The normalized spacial score (nSPS) is 14.2. The molecule has 0 radical (unpaired) electrons. The number of hydrogen-bond donors (Lipinski definition) is 2. The molecule has 2 N–H and O–H groups in total. The first-order chi connectivity index (χ1) is 20.0. The number of benzene rings is 2. The molecule has 42 heavy (non-hydrogen) atoms. The van der Waals surface area contributed by atoms with Gasteiger partial charge in [0.05, 0.1) is 15.9 Å². The number of anilines is 2. The van der Waals surface area contributed by atoms with Gasteiger partial charge in [0.25, 0.3) is 0 Å². The molecule has 3 aromatic rings. The lowest BCUT2D eigenvalue weighted by Crippen LogP contribution is -2.45. The molecule has 1 fully saturated rings. The highest BCUT2D eigenvalue weighted by atomic mass is 32.2. The van der Waals surface area contributed by atoms with E-state index < -0.39 is 22.6 Å². The lowest BCUT2D eigenvalue weighted by molar-refractivity contribution is -0.118. The summed E-state index contributed by atoms with van der Waals surface area (Å²) < 4.78 is 26.6. The van der Waals surface area contributed by atoms with Crippen molar-refractivity contribution in [2.45, 2.75) is 57.8 Å². The summed E-state index contributed by atoms with van der Waals surface area (Å²) in [7, 11) is 0.152. The Labute approximate surface area is 255 Å². The van der Waals surface area contributed by atoms with Crippen LogP contribution >= 0.6 is 11.3 Å². The zero-order valence-corrected chi connectivity index (χ0v) is 26.7. The first-order valence-electron chi connectivity index (χ1n) is 13.7. The van der Waals surface area contributed by atoms with Gasteiger partial charge in [-0.3, -0.25) is 10.1 Å². The summed E-state index contributed by atoms with van der Waals surface area (Å²) in [5.41, 5.74) is 1.75. The molecule has 2 amide bonds. The maximum atomic E-state index is 13.4. The van der Waals surface area contributed by atoms with Gasteiger partial charge in [0, 0.05) is 56.3 Å². The fourth-order valence-electron chi connectivity index (χ4n) is 3.72. The lowest BCUT2D eigenvalue weighted by atomic mass is 10.1. The van der Waals surface area contributed by atoms with Crippen molar-refractivity contribution in [1.82, 2.24) is 14.6 Å². The highest BCUT2D eigenvalue weighted by molar-refractivity contribution is 7.83. The van der Waals surface area contributed by atoms with Gasteiger partial charge in [-0.25, -0.2) is 18.7 Å². The number of ether oxygens (including phenoxy) is 2. The van der Waals surface area contributed by atoms with Crippen molar-refractivity contribution < 1.29 is 23.3 Å². The van der Waals surface area contributed by atoms with Crippen molar-refractivity contribution in [3.05, 3.63) is 60.3 Å². The van der Waals surface area contributed by atoms with E-state index in [0.717, 1.165) is 27.5 Å². The molecule has 0 saturated carbocycles. The van der Waals surface area contributed by atoms with Crippen LogP contribution in [-0.4, -0.2) is 71.5 Å². The molecular weight excluding hydrogens is 574 g/mol. The molecule has 4 rings (SSSR count). The second-order valence-electron chi connectivity index (χ2n) is 10.9. The Hall–Kier alpha value is -3.32. The van der Waals surface area contributed by atoms with Crippen LogP contribution in [0.15, 0.2) is 59.6 Å². The number of carbonyl (C=O) groups is 2. The standard InChI is InChI=1S/C26H31N5O4S2.C4H10O/c1-26(2,3)29-37(34)23-15-20(28-25(33)35-17-19-7-5-4-6-8-19)9-10-21(23)22-16-27-24(36-22)31-13-11-30(18-32)12-14-31;1-4(2)5-3/h4-10,15-16,18,29H,11-14,17H2,1-3H3,(H,28,33);4H,1-3H3. The van der Waals surface area contributed by atoms with Gasteiger partial charge in [-0.15, -0.1) is 0 Å². The van der Waals surface area contributed by atoms with Gasteiger partial charge in [-0.05, 0) is 52.3 Å². The number of carbonyl (C=O) groups excluding carboxylic acids is 2. The average molecular weight is 616 g/mol. The molecule has 1 atom stereocenters. The number of hydrogen-bond acceptors (Lipinski definition) is 8. The molecule has 12 heteroatoms. The van der Waals surface area contributed by atoms with Crippen LogP contribution in [0, 0.1) is 0 Å². The second-order valence-corrected chi connectivity index (χ2v) is 13.1. The summed E-state index contributed by atoms with van der Waals surface area (Å²) in [6.07, 6.45) is 2.45. The van der Waals surface area contributed by atoms with E-state index in [1.54, 1.807) is 30.3 Å². The zero-order valence-electron chi connectivity index (χ0n) is 25.1. The van der Waals surface area contributed by atoms with Gasteiger partial charge in [0.1, 0.15) is 17.6 Å². The fourth-order valence-corrected chi connectivity index (χ4v) is 6.07. The van der Waals surface area contributed by atoms with Crippen LogP contribution in [-0.2, 0) is 31.9 Å². The molecule has 1 aliphatic heterocycles. The highest BCUT2D eigenvalue weighted by Crippen LogP contribution is 2.36. The number of methoxy groups -OCH3 is 1. The summed E-state index contributed by atoms with van der Waals surface area (Å²) in [5, 5.41) is 3.59. The number of amides is 2. The van der Waals surface area contributed by atoms with Crippen molar-refractivity contribution in [2.24, 2.45) is 0 Å². The molecule has 2 aromatic carbocycles. The van der Waals surface area contributed by atoms with Gasteiger partial charge < -0.3 is 19.3 Å². The summed E-state index contributed by atoms with van der Waals surface area (Å²) in [6, 6.07) is 14.7. The molecule has 0 spiro atoms. The minimum atomic E-state index is -1.55. The van der Waals surface area contributed by atoms with Crippen LogP contribution in [0.2, 0.25) is 0 Å². The summed E-state index contributed by atoms with van der Waals surface area (Å²) >= 11 is 1.51. The third kappa shape index (κ3) is 10.5. The monoisotopic (exact) mass is 615 g/mol. The van der Waals surface area contributed by atoms with Crippen molar-refractivity contribution in [3.63, 3.8) is 0 Å². The fraction of sp³-hybridized carbons (Fsp3) is 0.433. The maximum Gasteiger partial charge on any atom is 0.411 e. The Bertz CT molecular complexity index is 1320. The highest BCUT2D eigenvalue weighted by Gasteiger charge is 2.22. The molecule has 10 nitrogen and oxygen atoms in total. The molecule has 0 bridgehead atoms. The van der Waals surface area contributed by atoms with E-state index in [4.69, 9.17) is 9.47 Å². The van der Waals surface area contributed by atoms with E-state index >= 15 is 0 Å². The van der Waals surface area contributed by atoms with Crippen molar-refractivity contribution >= 4 is 45.6 Å². The minimum absolute atomic E-state index is 0.153. The van der Waals surface area contributed by atoms with Crippen LogP contribution in [0.3, 0.4) is 0 Å². The van der Waals surface area contributed by atoms with Crippen LogP contribution in [0.5, 0.6) is 0 Å². The van der Waals surface area contributed by atoms with Crippen molar-refractivity contribution in [1.29, 1.82) is 0 Å². The summed E-state index contributed by atoms with van der Waals surface area (Å²) in [6.45, 7) is 12.7. The van der Waals surface area contributed by atoms with Crippen molar-refractivity contribution in [2.75, 3.05) is 43.5 Å².